The van der Waals surface area contributed by atoms with Crippen LogP contribution in [0.5, 0.6) is 0 Å². The molecule has 0 amide bonds. The number of hydrogen-bond acceptors (Lipinski definition) is 1. The third-order valence-corrected chi connectivity index (χ3v) is 3.16. The summed E-state index contributed by atoms with van der Waals surface area (Å²) in [5.74, 6) is 0.333. The first-order valence-corrected chi connectivity index (χ1v) is 6.86. The van der Waals surface area contributed by atoms with Gasteiger partial charge in [0, 0.05) is 18.4 Å². The molecular weight excluding hydrogens is 234 g/mol. The second-order valence-corrected chi connectivity index (χ2v) is 4.75. The first-order chi connectivity index (χ1) is 9.29. The van der Waals surface area contributed by atoms with Crippen LogP contribution in [-0.4, -0.2) is 5.78 Å². The summed E-state index contributed by atoms with van der Waals surface area (Å²) in [5.41, 5.74) is 0.751. The Hall–Kier alpha value is -1.96. The van der Waals surface area contributed by atoms with Crippen LogP contribution >= 0.6 is 0 Å². The number of unbranched alkanes of at least 4 members (excludes halogenated alkanes) is 1. The first-order valence-electron chi connectivity index (χ1n) is 6.86. The fraction of sp³-hybridized carbons (Fsp3) is 0.294. The molecular formula is C17H20NO+. The van der Waals surface area contributed by atoms with Crippen LogP contribution in [0.15, 0.2) is 61.0 Å². The van der Waals surface area contributed by atoms with E-state index in [0.717, 1.165) is 24.9 Å². The van der Waals surface area contributed by atoms with Crippen molar-refractivity contribution in [2.75, 3.05) is 0 Å². The van der Waals surface area contributed by atoms with Crippen molar-refractivity contribution in [1.82, 2.24) is 0 Å². The van der Waals surface area contributed by atoms with Gasteiger partial charge in [-0.2, -0.15) is 0 Å². The predicted octanol–water partition coefficient (Wildman–Crippen LogP) is 3.26. The van der Waals surface area contributed by atoms with Gasteiger partial charge in [0.25, 0.3) is 0 Å². The van der Waals surface area contributed by atoms with E-state index in [0.29, 0.717) is 0 Å². The average molecular weight is 254 g/mol. The highest BCUT2D eigenvalue weighted by Crippen LogP contribution is 2.10. The minimum atomic E-state index is 0.0690. The van der Waals surface area contributed by atoms with Gasteiger partial charge < -0.3 is 0 Å². The molecule has 1 aromatic heterocycles. The SMILES string of the molecule is CCCC[n+]1cccc(C(=O)/C=C/C2C=CC=C2)c1. The Morgan fingerprint density at radius 1 is 1.37 bits per heavy atom. The monoisotopic (exact) mass is 254 g/mol. The van der Waals surface area contributed by atoms with Gasteiger partial charge in [0.05, 0.1) is 5.56 Å². The van der Waals surface area contributed by atoms with Crippen molar-refractivity contribution in [1.29, 1.82) is 0 Å². The number of ketones is 1. The van der Waals surface area contributed by atoms with E-state index in [1.165, 1.54) is 0 Å². The summed E-state index contributed by atoms with van der Waals surface area (Å²) in [6, 6.07) is 3.81. The summed E-state index contributed by atoms with van der Waals surface area (Å²) in [4.78, 5) is 12.1. The maximum absolute atomic E-state index is 12.1. The molecule has 98 valence electrons. The Labute approximate surface area is 114 Å². The Morgan fingerprint density at radius 2 is 2.16 bits per heavy atom. The molecule has 0 aromatic carbocycles. The van der Waals surface area contributed by atoms with Crippen LogP contribution < -0.4 is 4.57 Å². The number of pyridine rings is 1. The van der Waals surface area contributed by atoms with Gasteiger partial charge in [-0.05, 0) is 12.1 Å². The Kier molecular flexibility index (Phi) is 4.85. The summed E-state index contributed by atoms with van der Waals surface area (Å²) >= 11 is 0. The summed E-state index contributed by atoms with van der Waals surface area (Å²) in [6.45, 7) is 3.14. The highest BCUT2D eigenvalue weighted by atomic mass is 16.1. The zero-order valence-electron chi connectivity index (χ0n) is 11.3. The molecule has 2 heteroatoms. The topological polar surface area (TPSA) is 20.9 Å². The van der Waals surface area contributed by atoms with E-state index in [4.69, 9.17) is 0 Å². The fourth-order valence-electron chi connectivity index (χ4n) is 2.02. The molecule has 0 fully saturated rings. The molecule has 19 heavy (non-hydrogen) atoms. The molecule has 0 saturated heterocycles. The normalized spacial score (nSPS) is 14.6. The molecule has 0 N–H and O–H groups in total. The largest absolute Gasteiger partial charge is 0.289 e. The van der Waals surface area contributed by atoms with Gasteiger partial charge in [-0.25, -0.2) is 4.57 Å². The van der Waals surface area contributed by atoms with E-state index in [1.807, 2.05) is 42.8 Å². The van der Waals surface area contributed by atoms with E-state index in [-0.39, 0.29) is 11.7 Å². The molecule has 1 heterocycles. The molecule has 0 aliphatic heterocycles. The van der Waals surface area contributed by atoms with Crippen LogP contribution in [0.4, 0.5) is 0 Å². The van der Waals surface area contributed by atoms with E-state index < -0.39 is 0 Å². The van der Waals surface area contributed by atoms with Gasteiger partial charge in [-0.15, -0.1) is 0 Å². The van der Waals surface area contributed by atoms with Crippen LogP contribution in [0.3, 0.4) is 0 Å². The first kappa shape index (κ1) is 13.5. The number of allylic oxidation sites excluding steroid dienone is 6. The smallest absolute Gasteiger partial charge is 0.191 e. The van der Waals surface area contributed by atoms with Gasteiger partial charge >= 0.3 is 0 Å². The maximum atomic E-state index is 12.1. The van der Waals surface area contributed by atoms with Gasteiger partial charge in [0.1, 0.15) is 6.54 Å². The third kappa shape index (κ3) is 4.02. The van der Waals surface area contributed by atoms with Crippen molar-refractivity contribution in [2.24, 2.45) is 5.92 Å². The molecule has 2 nitrogen and oxygen atoms in total. The summed E-state index contributed by atoms with van der Waals surface area (Å²) in [5, 5.41) is 0. The van der Waals surface area contributed by atoms with Gasteiger partial charge in [-0.3, -0.25) is 4.79 Å². The van der Waals surface area contributed by atoms with E-state index in [2.05, 4.69) is 23.6 Å². The molecule has 1 aliphatic carbocycles. The van der Waals surface area contributed by atoms with E-state index >= 15 is 0 Å². The third-order valence-electron chi connectivity index (χ3n) is 3.16. The number of hydrogen-bond donors (Lipinski definition) is 0. The van der Waals surface area contributed by atoms with Crippen molar-refractivity contribution in [3.63, 3.8) is 0 Å². The van der Waals surface area contributed by atoms with Crippen molar-refractivity contribution < 1.29 is 9.36 Å². The lowest BCUT2D eigenvalue weighted by Gasteiger charge is -1.98. The summed E-state index contributed by atoms with van der Waals surface area (Å²) < 4.78 is 2.08. The van der Waals surface area contributed by atoms with E-state index in [9.17, 15) is 4.79 Å². The summed E-state index contributed by atoms with van der Waals surface area (Å²) in [6.07, 6.45) is 18.0. The van der Waals surface area contributed by atoms with Crippen molar-refractivity contribution >= 4 is 5.78 Å². The quantitative estimate of drug-likeness (QED) is 0.433. The van der Waals surface area contributed by atoms with Crippen LogP contribution in [0, 0.1) is 5.92 Å². The lowest BCUT2D eigenvalue weighted by atomic mass is 10.1. The second-order valence-electron chi connectivity index (χ2n) is 4.75. The molecule has 0 spiro atoms. The molecule has 0 bridgehead atoms. The molecule has 0 atom stereocenters. The molecule has 2 rings (SSSR count). The number of aryl methyl sites for hydroxylation is 1. The molecule has 0 unspecified atom stereocenters. The van der Waals surface area contributed by atoms with Gasteiger partial charge in [-0.1, -0.05) is 43.7 Å². The number of aromatic nitrogens is 1. The lowest BCUT2D eigenvalue weighted by molar-refractivity contribution is -0.697. The van der Waals surface area contributed by atoms with Crippen LogP contribution in [0.25, 0.3) is 0 Å². The number of nitrogens with zero attached hydrogens (tertiary/aromatic N) is 1. The highest BCUT2D eigenvalue weighted by molar-refractivity contribution is 6.04. The summed E-state index contributed by atoms with van der Waals surface area (Å²) in [7, 11) is 0. The Morgan fingerprint density at radius 3 is 2.89 bits per heavy atom. The van der Waals surface area contributed by atoms with Crippen molar-refractivity contribution in [3.05, 3.63) is 66.5 Å². The minimum Gasteiger partial charge on any atom is -0.289 e. The van der Waals surface area contributed by atoms with Crippen LogP contribution in [0.2, 0.25) is 0 Å². The fourth-order valence-corrected chi connectivity index (χ4v) is 2.02. The van der Waals surface area contributed by atoms with E-state index in [1.54, 1.807) is 6.08 Å². The zero-order valence-corrected chi connectivity index (χ0v) is 11.3. The lowest BCUT2D eigenvalue weighted by Crippen LogP contribution is -2.33. The average Bonchev–Trinajstić information content (AvgIpc) is 2.96. The molecule has 1 aliphatic rings. The Bertz CT molecular complexity index is 514. The number of rotatable bonds is 6. The standard InChI is InChI=1S/C17H20NO/c1-2-3-12-18-13-6-9-16(14-18)17(19)11-10-15-7-4-5-8-15/h4-11,13-15H,2-3,12H2,1H3/q+1/b11-10+. The number of carbonyl (C=O) groups excluding carboxylic acids is 1. The maximum Gasteiger partial charge on any atom is 0.191 e. The Balaban J connectivity index is 2.02. The van der Waals surface area contributed by atoms with Crippen LogP contribution in [-0.2, 0) is 6.54 Å². The predicted molar refractivity (Wildman–Crippen MR) is 76.8 cm³/mol. The second kappa shape index (κ2) is 6.83. The highest BCUT2D eigenvalue weighted by Gasteiger charge is 2.08. The zero-order chi connectivity index (χ0) is 13.5. The number of carbonyl (C=O) groups is 1. The molecule has 0 radical (unpaired) electrons. The molecule has 1 aromatic rings. The molecule has 0 saturated carbocycles. The van der Waals surface area contributed by atoms with Crippen molar-refractivity contribution in [3.8, 4) is 0 Å². The van der Waals surface area contributed by atoms with Gasteiger partial charge in [0.2, 0.25) is 0 Å². The van der Waals surface area contributed by atoms with Crippen LogP contribution in [0.1, 0.15) is 30.1 Å². The minimum absolute atomic E-state index is 0.0690. The van der Waals surface area contributed by atoms with Gasteiger partial charge in [0.15, 0.2) is 18.2 Å². The van der Waals surface area contributed by atoms with Crippen molar-refractivity contribution in [2.45, 2.75) is 26.3 Å².